The van der Waals surface area contributed by atoms with Crippen molar-refractivity contribution in [2.45, 2.75) is 25.9 Å². The van der Waals surface area contributed by atoms with E-state index in [4.69, 9.17) is 4.74 Å². The number of carbonyl (C=O) groups excluding carboxylic acids is 2. The van der Waals surface area contributed by atoms with Gasteiger partial charge in [-0.05, 0) is 47.9 Å². The molecule has 1 aliphatic heterocycles. The molecule has 1 unspecified atom stereocenters. The van der Waals surface area contributed by atoms with Crippen molar-refractivity contribution in [2.24, 2.45) is 0 Å². The van der Waals surface area contributed by atoms with Crippen LogP contribution in [0.2, 0.25) is 0 Å². The highest BCUT2D eigenvalue weighted by Crippen LogP contribution is 2.40. The maximum atomic E-state index is 13.4. The molecule has 0 saturated carbocycles. The van der Waals surface area contributed by atoms with Gasteiger partial charge >= 0.3 is 0 Å². The minimum Gasteiger partial charge on any atom is -0.872 e. The predicted octanol–water partition coefficient (Wildman–Crippen LogP) is 2.85. The Kier molecular flexibility index (Phi) is 6.49. The Morgan fingerprint density at radius 2 is 1.82 bits per heavy atom. The zero-order valence-electron chi connectivity index (χ0n) is 18.1. The molecule has 1 aromatic heterocycles. The van der Waals surface area contributed by atoms with Gasteiger partial charge in [0, 0.05) is 17.2 Å². The largest absolute Gasteiger partial charge is 0.872 e. The first kappa shape index (κ1) is 22.2. The highest BCUT2D eigenvalue weighted by Gasteiger charge is 2.44. The number of ketones is 1. The van der Waals surface area contributed by atoms with Gasteiger partial charge in [0.25, 0.3) is 5.91 Å². The number of rotatable bonds is 7. The molecule has 2 aromatic carbocycles. The number of hydrogen-bond donors (Lipinski definition) is 0. The molecule has 7 heteroatoms. The van der Waals surface area contributed by atoms with Crippen molar-refractivity contribution in [1.29, 1.82) is 0 Å². The molecule has 4 rings (SSSR count). The molecule has 6 nitrogen and oxygen atoms in total. The summed E-state index contributed by atoms with van der Waals surface area (Å²) < 4.78 is 19.0. The second kappa shape index (κ2) is 9.65. The fourth-order valence-corrected chi connectivity index (χ4v) is 3.83. The molecule has 33 heavy (non-hydrogen) atoms. The highest BCUT2D eigenvalue weighted by molar-refractivity contribution is 6.46. The Morgan fingerprint density at radius 3 is 2.45 bits per heavy atom. The van der Waals surface area contributed by atoms with E-state index in [0.717, 1.165) is 24.1 Å². The molecule has 1 amide bonds. The Bertz CT molecular complexity index is 1180. The molecule has 2 heterocycles. The van der Waals surface area contributed by atoms with Crippen molar-refractivity contribution < 1.29 is 28.8 Å². The van der Waals surface area contributed by atoms with Gasteiger partial charge in [-0.3, -0.25) is 9.59 Å². The summed E-state index contributed by atoms with van der Waals surface area (Å²) >= 11 is 0. The number of aromatic amines is 1. The van der Waals surface area contributed by atoms with Gasteiger partial charge in [-0.25, -0.2) is 9.37 Å². The number of hydrogen-bond acceptors (Lipinski definition) is 4. The van der Waals surface area contributed by atoms with Crippen LogP contribution in [0.3, 0.4) is 0 Å². The van der Waals surface area contributed by atoms with E-state index in [0.29, 0.717) is 17.9 Å². The normalized spacial score (nSPS) is 17.4. The van der Waals surface area contributed by atoms with Gasteiger partial charge in [0.15, 0.2) is 12.4 Å². The van der Waals surface area contributed by atoms with Crippen LogP contribution in [0.25, 0.3) is 5.76 Å². The lowest BCUT2D eigenvalue weighted by Gasteiger charge is -2.27. The molecule has 0 bridgehead atoms. The average molecular weight is 446 g/mol. The fraction of sp³-hybridized carbons (Fsp3) is 0.192. The molecule has 1 N–H and O–H groups in total. The number of benzene rings is 2. The second-order valence-corrected chi connectivity index (χ2v) is 7.74. The van der Waals surface area contributed by atoms with Crippen molar-refractivity contribution in [3.8, 4) is 5.75 Å². The molecule has 3 aromatic rings. The Balaban J connectivity index is 1.80. The van der Waals surface area contributed by atoms with Crippen LogP contribution in [0, 0.1) is 5.82 Å². The van der Waals surface area contributed by atoms with Gasteiger partial charge in [0.05, 0.1) is 19.2 Å². The molecule has 168 valence electrons. The maximum absolute atomic E-state index is 13.4. The summed E-state index contributed by atoms with van der Waals surface area (Å²) in [5, 5.41) is 13.3. The van der Waals surface area contributed by atoms with Crippen LogP contribution in [-0.2, 0) is 16.1 Å². The van der Waals surface area contributed by atoms with Crippen LogP contribution >= 0.6 is 0 Å². The molecular formula is C26H23FN2O4. The highest BCUT2D eigenvalue weighted by atomic mass is 19.1. The number of pyridine rings is 1. The minimum absolute atomic E-state index is 0.140. The van der Waals surface area contributed by atoms with Gasteiger partial charge in [-0.2, -0.15) is 0 Å². The smallest absolute Gasteiger partial charge is 0.295 e. The van der Waals surface area contributed by atoms with Crippen molar-refractivity contribution >= 4 is 17.4 Å². The monoisotopic (exact) mass is 446 g/mol. The van der Waals surface area contributed by atoms with Gasteiger partial charge in [0.1, 0.15) is 11.6 Å². The lowest BCUT2D eigenvalue weighted by molar-refractivity contribution is -0.378. The van der Waals surface area contributed by atoms with E-state index in [1.54, 1.807) is 42.7 Å². The van der Waals surface area contributed by atoms with Gasteiger partial charge in [-0.1, -0.05) is 36.9 Å². The van der Waals surface area contributed by atoms with E-state index in [1.807, 2.05) is 13.0 Å². The number of likely N-dealkylation sites (tertiary alicyclic amines) is 1. The number of Topliss-reactive ketones (excluding diaryl/α,β-unsaturated/α-hetero) is 1. The number of nitrogens with one attached hydrogen (secondary N) is 1. The Morgan fingerprint density at radius 1 is 1.09 bits per heavy atom. The molecule has 0 spiro atoms. The summed E-state index contributed by atoms with van der Waals surface area (Å²) in [6.45, 7) is 2.71. The Labute approximate surface area is 191 Å². The summed E-state index contributed by atoms with van der Waals surface area (Å²) in [4.78, 5) is 30.4. The number of carbonyl (C=O) groups is 2. The first-order chi connectivity index (χ1) is 16.0. The van der Waals surface area contributed by atoms with Crippen LogP contribution < -0.4 is 14.8 Å². The number of halogens is 1. The van der Waals surface area contributed by atoms with Crippen LogP contribution in [0.5, 0.6) is 5.75 Å². The Hall–Kier alpha value is -4.00. The van der Waals surface area contributed by atoms with Crippen LogP contribution in [0.1, 0.15) is 36.1 Å². The molecule has 1 saturated heterocycles. The van der Waals surface area contributed by atoms with Crippen molar-refractivity contribution in [3.05, 3.63) is 101 Å². The summed E-state index contributed by atoms with van der Waals surface area (Å²) in [5.74, 6) is -2.02. The van der Waals surface area contributed by atoms with Gasteiger partial charge in [0.2, 0.25) is 5.78 Å². The first-order valence-electron chi connectivity index (χ1n) is 10.7. The molecule has 1 fully saturated rings. The van der Waals surface area contributed by atoms with E-state index in [-0.39, 0.29) is 17.7 Å². The van der Waals surface area contributed by atoms with Crippen molar-refractivity contribution in [2.75, 3.05) is 6.61 Å². The lowest BCUT2D eigenvalue weighted by Crippen LogP contribution is -2.29. The quantitative estimate of drug-likeness (QED) is 0.317. The van der Waals surface area contributed by atoms with E-state index in [9.17, 15) is 19.1 Å². The summed E-state index contributed by atoms with van der Waals surface area (Å²) in [7, 11) is 0. The number of ether oxygens (including phenoxy) is 1. The minimum atomic E-state index is -0.872. The lowest BCUT2D eigenvalue weighted by atomic mass is 9.95. The topological polar surface area (TPSA) is 83.8 Å². The molecule has 0 radical (unpaired) electrons. The van der Waals surface area contributed by atoms with E-state index in [1.165, 1.54) is 17.0 Å². The third-order valence-corrected chi connectivity index (χ3v) is 5.43. The van der Waals surface area contributed by atoms with Gasteiger partial charge < -0.3 is 14.7 Å². The van der Waals surface area contributed by atoms with Crippen LogP contribution in [0.15, 0.2) is 78.6 Å². The van der Waals surface area contributed by atoms with E-state index >= 15 is 0 Å². The standard InChI is InChI=1S/C26H23FN2O4/c1-2-14-33-21-11-7-18(8-12-21)23-22(24(30)19-5-9-20(27)10-6-19)25(31)26(32)29(23)16-17-4-3-13-28-15-17/h3-13,15,23,30H,2,14,16H2,1H3. The molecule has 1 aliphatic rings. The molecular weight excluding hydrogens is 423 g/mol. The van der Waals surface area contributed by atoms with E-state index < -0.39 is 29.3 Å². The first-order valence-corrected chi connectivity index (χ1v) is 10.7. The van der Waals surface area contributed by atoms with Gasteiger partial charge in [-0.15, -0.1) is 0 Å². The van der Waals surface area contributed by atoms with E-state index in [2.05, 4.69) is 4.98 Å². The van der Waals surface area contributed by atoms with Crippen LogP contribution in [0.4, 0.5) is 4.39 Å². The second-order valence-electron chi connectivity index (χ2n) is 7.74. The maximum Gasteiger partial charge on any atom is 0.295 e. The third-order valence-electron chi connectivity index (χ3n) is 5.43. The molecule has 1 atom stereocenters. The zero-order chi connectivity index (χ0) is 23.4. The van der Waals surface area contributed by atoms with Crippen LogP contribution in [-0.4, -0.2) is 23.2 Å². The summed E-state index contributed by atoms with van der Waals surface area (Å²) in [6.07, 6.45) is 4.33. The summed E-state index contributed by atoms with van der Waals surface area (Å²) in [5.41, 5.74) is 1.40. The SMILES string of the molecule is CCCOc1ccc(C2C(=C([O-])c3ccc(F)cc3)C(=O)C(=O)N2Cc2ccc[nH+]c2)cc1. The average Bonchev–Trinajstić information content (AvgIpc) is 3.08. The third kappa shape index (κ3) is 4.62. The number of H-pyrrole nitrogens is 1. The number of amides is 1. The number of aromatic nitrogens is 1. The predicted molar refractivity (Wildman–Crippen MR) is 117 cm³/mol. The van der Waals surface area contributed by atoms with Crippen molar-refractivity contribution in [3.63, 3.8) is 0 Å². The fourth-order valence-electron chi connectivity index (χ4n) is 3.83. The van der Waals surface area contributed by atoms with Crippen molar-refractivity contribution in [1.82, 2.24) is 4.90 Å². The molecule has 0 aliphatic carbocycles. The summed E-state index contributed by atoms with van der Waals surface area (Å²) in [6, 6.07) is 14.7. The number of nitrogens with zero attached hydrogens (tertiary/aromatic N) is 1. The zero-order valence-corrected chi connectivity index (χ0v) is 18.1.